The van der Waals surface area contributed by atoms with Crippen molar-refractivity contribution >= 4 is 21.2 Å². The van der Waals surface area contributed by atoms with Crippen molar-refractivity contribution in [1.29, 1.82) is 5.26 Å². The van der Waals surface area contributed by atoms with Crippen LogP contribution < -0.4 is 40.6 Å². The molecule has 0 saturated heterocycles. The average Bonchev–Trinajstić information content (AvgIpc) is 1.33. The fraction of sp³-hybridized carbons (Fsp3) is 0. The Morgan fingerprint density at radius 1 is 1.56 bits per heavy atom. The van der Waals surface area contributed by atoms with Crippen molar-refractivity contribution in [3.05, 3.63) is 0 Å². The van der Waals surface area contributed by atoms with Crippen LogP contribution >= 0.6 is 8.60 Å². The number of nitriles is 1. The Kier molecular flexibility index (Phi) is 57.7. The zero-order valence-corrected chi connectivity index (χ0v) is 8.82. The molecule has 0 heterocycles. The number of nitrogens with zero attached hydrogens (tertiary/aromatic N) is 1. The van der Waals surface area contributed by atoms with E-state index in [0.717, 1.165) is 0 Å². The quantitative estimate of drug-likeness (QED) is 0.151. The molecule has 9 heavy (non-hydrogen) atoms. The molecular weight excluding hydrogens is 174 g/mol. The third-order valence-corrected chi connectivity index (χ3v) is 0. The van der Waals surface area contributed by atoms with Crippen LogP contribution in [0.3, 0.4) is 0 Å². The van der Waals surface area contributed by atoms with Crippen molar-refractivity contribution in [3.8, 4) is 5.40 Å². The molecule has 0 bridgehead atoms. The summed E-state index contributed by atoms with van der Waals surface area (Å²) in [4.78, 5) is 22.9. The number of quaternary nitrogens is 1. The zero-order valence-electron chi connectivity index (χ0n) is 5.11. The number of rotatable bonds is 0. The second-order valence-electron chi connectivity index (χ2n) is 0.344. The second-order valence-corrected chi connectivity index (χ2v) is 1.03. The van der Waals surface area contributed by atoms with Crippen LogP contribution in [0.2, 0.25) is 0 Å². The largest absolute Gasteiger partial charge is 1.00 e. The van der Waals surface area contributed by atoms with Gasteiger partial charge in [-0.2, -0.15) is 0 Å². The minimum absolute atomic E-state index is 0. The zero-order chi connectivity index (χ0) is 6.28. The van der Waals surface area contributed by atoms with Crippen LogP contribution in [0.1, 0.15) is 0 Å². The molecule has 5 nitrogen and oxygen atoms in total. The van der Waals surface area contributed by atoms with Gasteiger partial charge in [-0.05, 0) is 0 Å². The van der Waals surface area contributed by atoms with E-state index in [2.05, 4.69) is 12.6 Å². The van der Waals surface area contributed by atoms with Crippen LogP contribution in [0.15, 0.2) is 0 Å². The first kappa shape index (κ1) is 22.5. The summed E-state index contributed by atoms with van der Waals surface area (Å²) in [5.41, 5.74) is 0. The third-order valence-electron chi connectivity index (χ3n) is 0. The topological polar surface area (TPSA) is 124 Å². The predicted molar refractivity (Wildman–Crippen MR) is 30.3 cm³/mol. The van der Waals surface area contributed by atoms with Gasteiger partial charge in [0.15, 0.2) is 0 Å². The van der Waals surface area contributed by atoms with Crippen molar-refractivity contribution in [2.24, 2.45) is 0 Å². The molecule has 0 aliphatic carbocycles. The molecule has 0 aliphatic heterocycles. The summed E-state index contributed by atoms with van der Waals surface area (Å²) in [5, 5.41) is 8.47. The molecule has 0 radical (unpaired) electrons. The van der Waals surface area contributed by atoms with Gasteiger partial charge in [-0.1, -0.05) is 5.40 Å². The van der Waals surface area contributed by atoms with Crippen LogP contribution in [-0.2, 0) is 12.6 Å². The molecule has 0 aliphatic rings. The van der Waals surface area contributed by atoms with Crippen LogP contribution in [0.5, 0.6) is 0 Å². The standard InChI is InChI=1S/CHNS.H3N.Na.H2O3P/c2-1-3;;;1-4(2)3/h3H;1H3;;1-2H/q;;+1;-1. The van der Waals surface area contributed by atoms with Gasteiger partial charge in [-0.25, -0.2) is 5.26 Å². The van der Waals surface area contributed by atoms with Crippen molar-refractivity contribution in [2.75, 3.05) is 0 Å². The van der Waals surface area contributed by atoms with E-state index >= 15 is 0 Å². The van der Waals surface area contributed by atoms with E-state index < -0.39 is 8.60 Å². The molecule has 0 unspecified atom stereocenters. The fourth-order valence-corrected chi connectivity index (χ4v) is 0. The Hall–Kier alpha value is 0.980. The maximum absolute atomic E-state index is 8.70. The summed E-state index contributed by atoms with van der Waals surface area (Å²) in [5.74, 6) is 0. The van der Waals surface area contributed by atoms with E-state index in [1.165, 1.54) is 5.40 Å². The van der Waals surface area contributed by atoms with Crippen LogP contribution in [0.4, 0.5) is 0 Å². The first-order valence-corrected chi connectivity index (χ1v) is 2.58. The molecule has 0 fully saturated rings. The van der Waals surface area contributed by atoms with Gasteiger partial charge in [-0.3, -0.25) is 0 Å². The Bertz CT molecular complexity index is 64.6. The Morgan fingerprint density at radius 2 is 1.56 bits per heavy atom. The second kappa shape index (κ2) is 23.1. The van der Waals surface area contributed by atoms with E-state index in [1.807, 2.05) is 0 Å². The summed E-state index contributed by atoms with van der Waals surface area (Å²) in [6.07, 6.45) is 0. The van der Waals surface area contributed by atoms with Gasteiger partial charge in [0.2, 0.25) is 0 Å². The third kappa shape index (κ3) is 456. The Balaban J connectivity index is -0.0000000233. The molecule has 6 N–H and O–H groups in total. The van der Waals surface area contributed by atoms with Gasteiger partial charge >= 0.3 is 29.6 Å². The van der Waals surface area contributed by atoms with Gasteiger partial charge in [0.05, 0.1) is 8.60 Å². The number of thiocyanates is 1. The van der Waals surface area contributed by atoms with E-state index in [1.54, 1.807) is 0 Å². The van der Waals surface area contributed by atoms with Gasteiger partial charge in [0.25, 0.3) is 0 Å². The molecule has 0 rings (SSSR count). The summed E-state index contributed by atoms with van der Waals surface area (Å²) in [6.45, 7) is 0. The SMILES string of the molecule is N#C[S-].[NH4+].[Na+].[O-]P(O)O. The Morgan fingerprint density at radius 3 is 1.56 bits per heavy atom. The van der Waals surface area contributed by atoms with E-state index in [-0.39, 0.29) is 35.7 Å². The van der Waals surface area contributed by atoms with E-state index in [4.69, 9.17) is 19.9 Å². The molecule has 0 amide bonds. The van der Waals surface area contributed by atoms with E-state index in [0.29, 0.717) is 0 Å². The summed E-state index contributed by atoms with van der Waals surface area (Å²) in [6, 6.07) is 0. The minimum atomic E-state index is -2.87. The van der Waals surface area contributed by atoms with Crippen molar-refractivity contribution in [2.45, 2.75) is 0 Å². The minimum Gasteiger partial charge on any atom is -0.786 e. The van der Waals surface area contributed by atoms with E-state index in [9.17, 15) is 0 Å². The molecule has 0 aromatic carbocycles. The van der Waals surface area contributed by atoms with Crippen molar-refractivity contribution in [3.63, 3.8) is 0 Å². The van der Waals surface area contributed by atoms with Crippen molar-refractivity contribution < 1.29 is 44.2 Å². The van der Waals surface area contributed by atoms with Gasteiger partial charge < -0.3 is 33.5 Å². The smallest absolute Gasteiger partial charge is 0.786 e. The van der Waals surface area contributed by atoms with Gasteiger partial charge in [-0.15, -0.1) is 0 Å². The first-order chi connectivity index (χ1) is 3.15. The maximum Gasteiger partial charge on any atom is 1.00 e. The van der Waals surface area contributed by atoms with Crippen molar-refractivity contribution in [1.82, 2.24) is 6.15 Å². The molecular formula is CH6N2NaO3PS. The average molecular weight is 180 g/mol. The normalized spacial score (nSPS) is 4.78. The van der Waals surface area contributed by atoms with Gasteiger partial charge in [0.1, 0.15) is 0 Å². The molecule has 8 heteroatoms. The fourth-order valence-electron chi connectivity index (χ4n) is 0. The number of hydrogen-bond donors (Lipinski definition) is 3. The molecule has 0 atom stereocenters. The summed E-state index contributed by atoms with van der Waals surface area (Å²) < 4.78 is 0. The molecule has 0 aromatic heterocycles. The van der Waals surface area contributed by atoms with Crippen LogP contribution in [-0.4, -0.2) is 9.79 Å². The summed E-state index contributed by atoms with van der Waals surface area (Å²) >= 11 is 3.70. The maximum atomic E-state index is 8.70. The van der Waals surface area contributed by atoms with Crippen LogP contribution in [0, 0.1) is 10.7 Å². The van der Waals surface area contributed by atoms with Crippen LogP contribution in [0.25, 0.3) is 0 Å². The molecule has 0 aromatic rings. The molecule has 0 saturated carbocycles. The monoisotopic (exact) mass is 180 g/mol. The first-order valence-electron chi connectivity index (χ1n) is 1.01. The number of hydrogen-bond acceptors (Lipinski definition) is 5. The molecule has 50 valence electrons. The summed E-state index contributed by atoms with van der Waals surface area (Å²) in [7, 11) is -2.87. The van der Waals surface area contributed by atoms with Gasteiger partial charge in [0, 0.05) is 0 Å². The predicted octanol–water partition coefficient (Wildman–Crippen LogP) is -4.05. The molecule has 0 spiro atoms. The Labute approximate surface area is 82.0 Å².